The fourth-order valence-electron chi connectivity index (χ4n) is 1.80. The van der Waals surface area contributed by atoms with Crippen molar-refractivity contribution in [1.82, 2.24) is 5.32 Å². The van der Waals surface area contributed by atoms with Crippen LogP contribution in [0.4, 0.5) is 4.39 Å². The number of carbonyl (C=O) groups excluding carboxylic acids is 1. The molecule has 1 atom stereocenters. The number of halogens is 1. The van der Waals surface area contributed by atoms with Crippen molar-refractivity contribution >= 4 is 27.3 Å². The van der Waals surface area contributed by atoms with Gasteiger partial charge in [-0.2, -0.15) is 0 Å². The number of thiophene rings is 1. The normalized spacial score (nSPS) is 12.7. The van der Waals surface area contributed by atoms with Gasteiger partial charge in [0.05, 0.1) is 11.5 Å². The summed E-state index contributed by atoms with van der Waals surface area (Å²) in [5.41, 5.74) is 0.649. The molecule has 2 rings (SSSR count). The Morgan fingerprint density at radius 2 is 2.28 bits per heavy atom. The van der Waals surface area contributed by atoms with Crippen molar-refractivity contribution in [2.75, 3.05) is 6.61 Å². The largest absolute Gasteiger partial charge is 0.394 e. The van der Waals surface area contributed by atoms with Gasteiger partial charge in [-0.15, -0.1) is 11.3 Å². The summed E-state index contributed by atoms with van der Waals surface area (Å²) in [4.78, 5) is 12.5. The van der Waals surface area contributed by atoms with Crippen LogP contribution >= 0.6 is 11.3 Å². The van der Waals surface area contributed by atoms with E-state index in [2.05, 4.69) is 5.32 Å². The Bertz CT molecular complexity index is 594. The van der Waals surface area contributed by atoms with E-state index in [0.717, 1.165) is 4.70 Å². The van der Waals surface area contributed by atoms with Crippen LogP contribution in [-0.2, 0) is 0 Å². The lowest BCUT2D eigenvalue weighted by molar-refractivity contribution is 0.0926. The van der Waals surface area contributed by atoms with Gasteiger partial charge in [-0.3, -0.25) is 4.79 Å². The number of rotatable bonds is 3. The number of hydrogen-bond acceptors (Lipinski definition) is 3. The zero-order valence-electron chi connectivity index (χ0n) is 10.2. The second-order valence-corrected chi connectivity index (χ2v) is 5.28. The molecule has 0 aliphatic rings. The molecule has 0 saturated heterocycles. The first-order valence-electron chi connectivity index (χ1n) is 5.64. The Balaban J connectivity index is 2.43. The van der Waals surface area contributed by atoms with Crippen molar-refractivity contribution < 1.29 is 14.3 Å². The second-order valence-electron chi connectivity index (χ2n) is 4.23. The Kier molecular flexibility index (Phi) is 3.63. The summed E-state index contributed by atoms with van der Waals surface area (Å²) in [6.07, 6.45) is 0. The lowest BCUT2D eigenvalue weighted by atomic mass is 10.1. The number of hydrogen-bond donors (Lipinski definition) is 2. The second kappa shape index (κ2) is 5.04. The van der Waals surface area contributed by atoms with Gasteiger partial charge in [0.2, 0.25) is 0 Å². The molecule has 3 nitrogen and oxygen atoms in total. The standard InChI is InChI=1S/C13H14FNO2S/c1-7(6-16)15-13(17)12-8(2)11-9(14)4-3-5-10(11)18-12/h3-5,7,16H,6H2,1-2H3,(H,15,17). The van der Waals surface area contributed by atoms with Gasteiger partial charge in [-0.1, -0.05) is 6.07 Å². The van der Waals surface area contributed by atoms with Crippen molar-refractivity contribution in [3.05, 3.63) is 34.5 Å². The third-order valence-corrected chi connectivity index (χ3v) is 4.02. The number of amides is 1. The predicted octanol–water partition coefficient (Wildman–Crippen LogP) is 2.46. The van der Waals surface area contributed by atoms with Crippen LogP contribution in [0.5, 0.6) is 0 Å². The van der Waals surface area contributed by atoms with E-state index in [4.69, 9.17) is 5.11 Å². The molecule has 2 aromatic rings. The van der Waals surface area contributed by atoms with Gasteiger partial charge in [0.25, 0.3) is 5.91 Å². The zero-order chi connectivity index (χ0) is 13.3. The minimum Gasteiger partial charge on any atom is -0.394 e. The van der Waals surface area contributed by atoms with Crippen LogP contribution in [0, 0.1) is 12.7 Å². The number of aryl methyl sites for hydroxylation is 1. The molecular formula is C13H14FNO2S. The van der Waals surface area contributed by atoms with E-state index in [0.29, 0.717) is 15.8 Å². The quantitative estimate of drug-likeness (QED) is 0.897. The Labute approximate surface area is 108 Å². The van der Waals surface area contributed by atoms with Crippen LogP contribution in [-0.4, -0.2) is 23.7 Å². The molecule has 0 aliphatic carbocycles. The molecule has 1 amide bonds. The molecule has 96 valence electrons. The molecular weight excluding hydrogens is 253 g/mol. The maximum absolute atomic E-state index is 13.7. The number of fused-ring (bicyclic) bond motifs is 1. The highest BCUT2D eigenvalue weighted by molar-refractivity contribution is 7.21. The van der Waals surface area contributed by atoms with E-state index in [1.54, 1.807) is 26.0 Å². The van der Waals surface area contributed by atoms with Gasteiger partial charge in [-0.25, -0.2) is 4.39 Å². The highest BCUT2D eigenvalue weighted by Crippen LogP contribution is 2.32. The molecule has 18 heavy (non-hydrogen) atoms. The van der Waals surface area contributed by atoms with E-state index in [9.17, 15) is 9.18 Å². The molecule has 0 fully saturated rings. The highest BCUT2D eigenvalue weighted by Gasteiger charge is 2.18. The van der Waals surface area contributed by atoms with Gasteiger partial charge in [-0.05, 0) is 31.5 Å². The van der Waals surface area contributed by atoms with Crippen molar-refractivity contribution in [2.45, 2.75) is 19.9 Å². The van der Waals surface area contributed by atoms with Gasteiger partial charge in [0.15, 0.2) is 0 Å². The molecule has 0 bridgehead atoms. The number of aliphatic hydroxyl groups is 1. The molecule has 0 aliphatic heterocycles. The summed E-state index contributed by atoms with van der Waals surface area (Å²) in [6, 6.07) is 4.50. The number of benzene rings is 1. The van der Waals surface area contributed by atoms with Gasteiger partial charge >= 0.3 is 0 Å². The third kappa shape index (κ3) is 2.23. The minimum absolute atomic E-state index is 0.121. The summed E-state index contributed by atoms with van der Waals surface area (Å²) >= 11 is 1.26. The minimum atomic E-state index is -0.313. The molecule has 0 saturated carbocycles. The van der Waals surface area contributed by atoms with Gasteiger partial charge < -0.3 is 10.4 Å². The molecule has 0 radical (unpaired) electrons. The lowest BCUT2D eigenvalue weighted by Gasteiger charge is -2.09. The fourth-order valence-corrected chi connectivity index (χ4v) is 2.93. The Hall–Kier alpha value is -1.46. The Morgan fingerprint density at radius 3 is 2.89 bits per heavy atom. The number of carbonyl (C=O) groups is 1. The number of aliphatic hydroxyl groups excluding tert-OH is 1. The first-order chi connectivity index (χ1) is 8.54. The predicted molar refractivity (Wildman–Crippen MR) is 70.5 cm³/mol. The van der Waals surface area contributed by atoms with Crippen molar-refractivity contribution in [3.8, 4) is 0 Å². The SMILES string of the molecule is Cc1c(C(=O)NC(C)CO)sc2cccc(F)c12. The third-order valence-electron chi connectivity index (χ3n) is 2.76. The lowest BCUT2D eigenvalue weighted by Crippen LogP contribution is -2.34. The topological polar surface area (TPSA) is 49.3 Å². The van der Waals surface area contributed by atoms with Crippen molar-refractivity contribution in [1.29, 1.82) is 0 Å². The first kappa shape index (κ1) is 13.0. The van der Waals surface area contributed by atoms with E-state index in [1.807, 2.05) is 0 Å². The van der Waals surface area contributed by atoms with Gasteiger partial charge in [0.1, 0.15) is 5.82 Å². The van der Waals surface area contributed by atoms with Crippen LogP contribution in [0.2, 0.25) is 0 Å². The molecule has 0 spiro atoms. The Morgan fingerprint density at radius 1 is 1.56 bits per heavy atom. The van der Waals surface area contributed by atoms with E-state index >= 15 is 0 Å². The van der Waals surface area contributed by atoms with Crippen molar-refractivity contribution in [3.63, 3.8) is 0 Å². The molecule has 5 heteroatoms. The first-order valence-corrected chi connectivity index (χ1v) is 6.45. The van der Waals surface area contributed by atoms with Crippen LogP contribution in [0.25, 0.3) is 10.1 Å². The fraction of sp³-hybridized carbons (Fsp3) is 0.308. The monoisotopic (exact) mass is 267 g/mol. The summed E-state index contributed by atoms with van der Waals surface area (Å²) in [5.74, 6) is -0.579. The van der Waals surface area contributed by atoms with Crippen LogP contribution in [0.15, 0.2) is 18.2 Å². The van der Waals surface area contributed by atoms with Crippen molar-refractivity contribution in [2.24, 2.45) is 0 Å². The van der Waals surface area contributed by atoms with Gasteiger partial charge in [0, 0.05) is 16.1 Å². The maximum Gasteiger partial charge on any atom is 0.261 e. The summed E-state index contributed by atoms with van der Waals surface area (Å²) in [6.45, 7) is 3.33. The smallest absolute Gasteiger partial charge is 0.261 e. The van der Waals surface area contributed by atoms with Crippen LogP contribution in [0.1, 0.15) is 22.2 Å². The molecule has 1 heterocycles. The summed E-state index contributed by atoms with van der Waals surface area (Å²) in [7, 11) is 0. The number of nitrogens with one attached hydrogen (secondary N) is 1. The average molecular weight is 267 g/mol. The van der Waals surface area contributed by atoms with Crippen LogP contribution in [0.3, 0.4) is 0 Å². The van der Waals surface area contributed by atoms with E-state index in [-0.39, 0.29) is 24.4 Å². The summed E-state index contributed by atoms with van der Waals surface area (Å²) in [5, 5.41) is 12.1. The molecule has 1 aromatic heterocycles. The molecule has 2 N–H and O–H groups in total. The summed E-state index contributed by atoms with van der Waals surface area (Å²) < 4.78 is 14.4. The molecule has 1 aromatic carbocycles. The average Bonchev–Trinajstić information content (AvgIpc) is 2.68. The molecule has 1 unspecified atom stereocenters. The zero-order valence-corrected chi connectivity index (χ0v) is 11.0. The van der Waals surface area contributed by atoms with E-state index in [1.165, 1.54) is 17.4 Å². The maximum atomic E-state index is 13.7. The highest BCUT2D eigenvalue weighted by atomic mass is 32.1. The van der Waals surface area contributed by atoms with E-state index < -0.39 is 0 Å². The van der Waals surface area contributed by atoms with Crippen LogP contribution < -0.4 is 5.32 Å².